The van der Waals surface area contributed by atoms with Crippen molar-refractivity contribution in [1.29, 1.82) is 0 Å². The van der Waals surface area contributed by atoms with Crippen LogP contribution in [0.5, 0.6) is 0 Å². The summed E-state index contributed by atoms with van der Waals surface area (Å²) in [4.78, 5) is 21.4. The van der Waals surface area contributed by atoms with E-state index in [-0.39, 0.29) is 0 Å². The number of thiophene rings is 1. The Balaban J connectivity index is 1.15. The number of rotatable bonds is 6. The molecule has 49 heavy (non-hydrogen) atoms. The average Bonchev–Trinajstić information content (AvgIpc) is 3.57. The Morgan fingerprint density at radius 3 is 1.57 bits per heavy atom. The molecule has 4 nitrogen and oxygen atoms in total. The summed E-state index contributed by atoms with van der Waals surface area (Å²) in [5.41, 5.74) is 10.0. The number of hydrogen-bond acceptors (Lipinski definition) is 5. The molecule has 0 aliphatic rings. The van der Waals surface area contributed by atoms with Crippen LogP contribution < -0.4 is 0 Å². The van der Waals surface area contributed by atoms with E-state index in [2.05, 4.69) is 127 Å². The molecule has 0 aliphatic carbocycles. The maximum Gasteiger partial charge on any atom is 0.161 e. The molecule has 0 radical (unpaired) electrons. The summed E-state index contributed by atoms with van der Waals surface area (Å²) in [6, 6.07) is 58.5. The van der Waals surface area contributed by atoms with E-state index in [1.54, 1.807) is 11.3 Å². The Morgan fingerprint density at radius 1 is 0.347 bits per heavy atom. The monoisotopic (exact) mass is 644 g/mol. The zero-order valence-electron chi connectivity index (χ0n) is 26.4. The second kappa shape index (κ2) is 12.4. The van der Waals surface area contributed by atoms with Crippen LogP contribution in [0.4, 0.5) is 0 Å². The number of fused-ring (bicyclic) bond motifs is 3. The molecule has 0 bridgehead atoms. The lowest BCUT2D eigenvalue weighted by Crippen LogP contribution is -1.96. The normalized spacial score (nSPS) is 11.3. The highest BCUT2D eigenvalue weighted by molar-refractivity contribution is 7.25. The van der Waals surface area contributed by atoms with Crippen molar-refractivity contribution >= 4 is 31.6 Å². The zero-order valence-corrected chi connectivity index (χ0v) is 27.2. The van der Waals surface area contributed by atoms with Gasteiger partial charge in [-0.25, -0.2) is 19.9 Å². The molecule has 0 fully saturated rings. The van der Waals surface area contributed by atoms with Crippen molar-refractivity contribution in [3.63, 3.8) is 0 Å². The molecule has 0 saturated heterocycles. The molecule has 0 N–H and O–H groups in total. The third-order valence-electron chi connectivity index (χ3n) is 8.73. The molecular formula is C44H28N4S. The first-order valence-corrected chi connectivity index (χ1v) is 17.0. The molecule has 0 saturated carbocycles. The Morgan fingerprint density at radius 2 is 0.857 bits per heavy atom. The van der Waals surface area contributed by atoms with Crippen LogP contribution in [-0.2, 0) is 0 Å². The molecule has 6 aromatic carbocycles. The lowest BCUT2D eigenvalue weighted by molar-refractivity contribution is 1.18. The molecule has 0 amide bonds. The lowest BCUT2D eigenvalue weighted by Gasteiger charge is -2.11. The molecule has 0 unspecified atom stereocenters. The van der Waals surface area contributed by atoms with E-state index in [0.717, 1.165) is 66.2 Å². The molecule has 9 aromatic rings. The first-order chi connectivity index (χ1) is 24.3. The fourth-order valence-corrected chi connectivity index (χ4v) is 7.40. The van der Waals surface area contributed by atoms with E-state index in [9.17, 15) is 0 Å². The van der Waals surface area contributed by atoms with Gasteiger partial charge in [0.1, 0.15) is 4.83 Å². The molecular weight excluding hydrogens is 617 g/mol. The minimum Gasteiger partial charge on any atom is -0.228 e. The largest absolute Gasteiger partial charge is 0.228 e. The Labute approximate surface area is 288 Å². The van der Waals surface area contributed by atoms with E-state index in [1.165, 1.54) is 10.1 Å². The first kappa shape index (κ1) is 28.9. The van der Waals surface area contributed by atoms with Crippen molar-refractivity contribution in [3.05, 3.63) is 170 Å². The van der Waals surface area contributed by atoms with E-state index < -0.39 is 0 Å². The van der Waals surface area contributed by atoms with Crippen molar-refractivity contribution < 1.29 is 0 Å². The van der Waals surface area contributed by atoms with Gasteiger partial charge in [0, 0.05) is 43.3 Å². The quantitative estimate of drug-likeness (QED) is 0.181. The lowest BCUT2D eigenvalue weighted by atomic mass is 9.99. The third kappa shape index (κ3) is 5.56. The summed E-state index contributed by atoms with van der Waals surface area (Å²) in [5, 5.41) is 2.29. The third-order valence-corrected chi connectivity index (χ3v) is 9.79. The van der Waals surface area contributed by atoms with Crippen molar-refractivity contribution in [3.8, 4) is 67.7 Å². The summed E-state index contributed by atoms with van der Waals surface area (Å²) < 4.78 is 1.21. The Hall–Kier alpha value is -6.30. The van der Waals surface area contributed by atoms with Gasteiger partial charge in [0.15, 0.2) is 11.6 Å². The van der Waals surface area contributed by atoms with Gasteiger partial charge in [-0.1, -0.05) is 146 Å². The van der Waals surface area contributed by atoms with Crippen LogP contribution >= 0.6 is 11.3 Å². The molecule has 3 heterocycles. The molecule has 0 aliphatic heterocycles. The minimum atomic E-state index is 0.701. The number of nitrogens with zero attached hydrogens (tertiary/aromatic N) is 4. The van der Waals surface area contributed by atoms with Crippen molar-refractivity contribution in [2.24, 2.45) is 0 Å². The summed E-state index contributed by atoms with van der Waals surface area (Å²) in [7, 11) is 0. The summed E-state index contributed by atoms with van der Waals surface area (Å²) in [5.74, 6) is 1.42. The highest BCUT2D eigenvalue weighted by atomic mass is 32.1. The fraction of sp³-hybridized carbons (Fsp3) is 0. The van der Waals surface area contributed by atoms with Crippen molar-refractivity contribution in [1.82, 2.24) is 19.9 Å². The number of aromatic nitrogens is 4. The average molecular weight is 645 g/mol. The molecule has 0 atom stereocenters. The topological polar surface area (TPSA) is 51.6 Å². The van der Waals surface area contributed by atoms with E-state index >= 15 is 0 Å². The molecule has 230 valence electrons. The number of benzene rings is 6. The summed E-state index contributed by atoms with van der Waals surface area (Å²) in [6.45, 7) is 0. The van der Waals surface area contributed by atoms with Crippen LogP contribution in [-0.4, -0.2) is 19.9 Å². The van der Waals surface area contributed by atoms with Gasteiger partial charge in [-0.15, -0.1) is 11.3 Å². The van der Waals surface area contributed by atoms with Gasteiger partial charge in [0.2, 0.25) is 0 Å². The van der Waals surface area contributed by atoms with Crippen LogP contribution in [0.15, 0.2) is 170 Å². The molecule has 5 heteroatoms. The van der Waals surface area contributed by atoms with Crippen LogP contribution in [0.3, 0.4) is 0 Å². The predicted molar refractivity (Wildman–Crippen MR) is 203 cm³/mol. The second-order valence-corrected chi connectivity index (χ2v) is 12.9. The standard InChI is InChI=1S/C44H28N4S/c1-4-14-29(15-5-1)37-28-38(46-42(45-37)31-18-8-3-9-19-31)34-22-12-20-32(26-34)33-21-13-23-35(27-33)43-47-41(30-16-6-2-7-17-30)40-36-24-10-11-25-39(36)49-44(40)48-43/h1-28H. The highest BCUT2D eigenvalue weighted by Gasteiger charge is 2.17. The van der Waals surface area contributed by atoms with Gasteiger partial charge < -0.3 is 0 Å². The highest BCUT2D eigenvalue weighted by Crippen LogP contribution is 2.40. The molecule has 9 rings (SSSR count). The molecule has 0 spiro atoms. The van der Waals surface area contributed by atoms with E-state index in [1.807, 2.05) is 42.5 Å². The Kier molecular flexibility index (Phi) is 7.30. The maximum absolute atomic E-state index is 5.22. The van der Waals surface area contributed by atoms with Gasteiger partial charge >= 0.3 is 0 Å². The van der Waals surface area contributed by atoms with Gasteiger partial charge in [-0.3, -0.25) is 0 Å². The van der Waals surface area contributed by atoms with Crippen LogP contribution in [0, 0.1) is 0 Å². The van der Waals surface area contributed by atoms with Crippen molar-refractivity contribution in [2.45, 2.75) is 0 Å². The van der Waals surface area contributed by atoms with Gasteiger partial charge in [0.05, 0.1) is 17.1 Å². The van der Waals surface area contributed by atoms with Gasteiger partial charge in [-0.2, -0.15) is 0 Å². The Bertz CT molecular complexity index is 2540. The van der Waals surface area contributed by atoms with Crippen LogP contribution in [0.1, 0.15) is 0 Å². The van der Waals surface area contributed by atoms with Crippen molar-refractivity contribution in [2.75, 3.05) is 0 Å². The summed E-state index contributed by atoms with van der Waals surface area (Å²) >= 11 is 1.72. The van der Waals surface area contributed by atoms with Gasteiger partial charge in [-0.05, 0) is 35.4 Å². The van der Waals surface area contributed by atoms with Crippen LogP contribution in [0.25, 0.3) is 88.0 Å². The SMILES string of the molecule is c1ccc(-c2cc(-c3cccc(-c4cccc(-c5nc(-c6ccccc6)c6c(n5)sc5ccccc56)c4)c3)nc(-c3ccccc3)n2)cc1. The summed E-state index contributed by atoms with van der Waals surface area (Å²) in [6.07, 6.45) is 0. The van der Waals surface area contributed by atoms with Crippen LogP contribution in [0.2, 0.25) is 0 Å². The first-order valence-electron chi connectivity index (χ1n) is 16.2. The van der Waals surface area contributed by atoms with E-state index in [0.29, 0.717) is 11.6 Å². The predicted octanol–water partition coefficient (Wildman–Crippen LogP) is 11.6. The molecule has 3 aromatic heterocycles. The van der Waals surface area contributed by atoms with Gasteiger partial charge in [0.25, 0.3) is 0 Å². The minimum absolute atomic E-state index is 0.701. The second-order valence-electron chi connectivity index (χ2n) is 11.9. The van der Waals surface area contributed by atoms with E-state index in [4.69, 9.17) is 19.9 Å². The maximum atomic E-state index is 5.22. The number of hydrogen-bond donors (Lipinski definition) is 0. The smallest absolute Gasteiger partial charge is 0.161 e. The fourth-order valence-electron chi connectivity index (χ4n) is 6.32. The zero-order chi connectivity index (χ0) is 32.6.